The highest BCUT2D eigenvalue weighted by atomic mass is 31.2. The predicted octanol–water partition coefficient (Wildman–Crippen LogP) is 16.0. The monoisotopic (exact) mass is 949 g/mol. The van der Waals surface area contributed by atoms with Gasteiger partial charge in [-0.2, -0.15) is 0 Å². The molecule has 0 aliphatic heterocycles. The number of carbonyl (C=O) groups is 1. The van der Waals surface area contributed by atoms with Crippen LogP contribution in [-0.4, -0.2) is 66.3 Å². The van der Waals surface area contributed by atoms with Crippen LogP contribution >= 0.6 is 7.82 Å². The summed E-state index contributed by atoms with van der Waals surface area (Å²) in [5.41, 5.74) is 0. The maximum atomic E-state index is 12.7. The van der Waals surface area contributed by atoms with E-state index in [2.05, 4.69) is 86.8 Å². The van der Waals surface area contributed by atoms with E-state index in [4.69, 9.17) is 23.6 Å². The van der Waals surface area contributed by atoms with Gasteiger partial charge in [0, 0.05) is 13.0 Å². The van der Waals surface area contributed by atoms with Crippen LogP contribution in [0.5, 0.6) is 0 Å². The van der Waals surface area contributed by atoms with Crippen molar-refractivity contribution < 1.29 is 43.0 Å². The molecule has 0 spiro atoms. The first-order chi connectivity index (χ1) is 32.3. The Morgan fingerprint density at radius 3 is 1.32 bits per heavy atom. The Kier molecular flexibility index (Phi) is 50.6. The summed E-state index contributed by atoms with van der Waals surface area (Å²) in [6.07, 6.45) is 64.4. The lowest BCUT2D eigenvalue weighted by Crippen LogP contribution is -2.29. The molecule has 0 heterocycles. The van der Waals surface area contributed by atoms with Crippen molar-refractivity contribution in [3.8, 4) is 0 Å². The number of phosphoric ester groups is 1. The van der Waals surface area contributed by atoms with Crippen LogP contribution in [0.1, 0.15) is 232 Å². The number of allylic oxidation sites excluding steroid dienone is 12. The van der Waals surface area contributed by atoms with E-state index >= 15 is 0 Å². The minimum absolute atomic E-state index is 0.0413. The highest BCUT2D eigenvalue weighted by molar-refractivity contribution is 7.47. The van der Waals surface area contributed by atoms with Gasteiger partial charge in [0.05, 0.1) is 26.4 Å². The van der Waals surface area contributed by atoms with Gasteiger partial charge in [-0.05, 0) is 83.5 Å². The smallest absolute Gasteiger partial charge is 0.457 e. The van der Waals surface area contributed by atoms with Crippen LogP contribution in [0.2, 0.25) is 0 Å². The van der Waals surface area contributed by atoms with E-state index < -0.39 is 39.2 Å². The molecule has 3 unspecified atom stereocenters. The Labute approximate surface area is 405 Å². The van der Waals surface area contributed by atoms with Crippen LogP contribution in [0, 0.1) is 0 Å². The summed E-state index contributed by atoms with van der Waals surface area (Å²) in [6.45, 7) is 3.41. The van der Waals surface area contributed by atoms with E-state index in [1.807, 2.05) is 0 Å². The molecular formula is C56H101O9P. The fourth-order valence-electron chi connectivity index (χ4n) is 7.32. The molecule has 384 valence electrons. The molecule has 0 radical (unpaired) electrons. The topological polar surface area (TPSA) is 132 Å². The molecular weight excluding hydrogens is 848 g/mol. The minimum Gasteiger partial charge on any atom is -0.457 e. The van der Waals surface area contributed by atoms with Crippen LogP contribution in [0.15, 0.2) is 72.9 Å². The summed E-state index contributed by atoms with van der Waals surface area (Å²) in [7, 11) is -4.53. The number of unbranched alkanes of at least 4 members (excludes halogenated alkanes) is 25. The molecule has 0 fully saturated rings. The fourth-order valence-corrected chi connectivity index (χ4v) is 8.11. The maximum Gasteiger partial charge on any atom is 0.472 e. The lowest BCUT2D eigenvalue weighted by molar-refractivity contribution is -0.154. The Morgan fingerprint density at radius 1 is 0.485 bits per heavy atom. The average Bonchev–Trinajstić information content (AvgIpc) is 3.31. The summed E-state index contributed by atoms with van der Waals surface area (Å²) >= 11 is 0. The first-order valence-corrected chi connectivity index (χ1v) is 28.4. The van der Waals surface area contributed by atoms with Gasteiger partial charge in [-0.25, -0.2) is 4.57 Å². The highest BCUT2D eigenvalue weighted by Gasteiger charge is 2.26. The lowest BCUT2D eigenvalue weighted by Gasteiger charge is -2.20. The van der Waals surface area contributed by atoms with Crippen molar-refractivity contribution in [1.29, 1.82) is 0 Å². The fraction of sp³-hybridized carbons (Fsp3) is 0.768. The van der Waals surface area contributed by atoms with Crippen molar-refractivity contribution >= 4 is 13.8 Å². The summed E-state index contributed by atoms with van der Waals surface area (Å²) < 4.78 is 33.6. The number of phosphoric acid groups is 1. The third-order valence-corrected chi connectivity index (χ3v) is 12.3. The summed E-state index contributed by atoms with van der Waals surface area (Å²) in [5.74, 6) is -0.394. The Bertz CT molecular complexity index is 1260. The summed E-state index contributed by atoms with van der Waals surface area (Å²) in [6, 6.07) is 0. The molecule has 10 heteroatoms. The lowest BCUT2D eigenvalue weighted by atomic mass is 10.1. The molecule has 0 aliphatic rings. The van der Waals surface area contributed by atoms with Gasteiger partial charge in [-0.3, -0.25) is 13.8 Å². The molecule has 0 rings (SSSR count). The molecule has 0 aromatic rings. The first kappa shape index (κ1) is 63.9. The van der Waals surface area contributed by atoms with E-state index in [0.717, 1.165) is 77.0 Å². The number of aliphatic hydroxyl groups is 2. The van der Waals surface area contributed by atoms with Crippen molar-refractivity contribution in [3.05, 3.63) is 72.9 Å². The SMILES string of the molecule is CC/C=C\C/C=C\C/C=C\C/C=C\C/C=C\CCCCCCCCCC(=O)OC(COCCCCCCCCCCCC/C=C\CCCCCCCCCC)COP(=O)(O)OCC(O)CO. The van der Waals surface area contributed by atoms with Gasteiger partial charge in [-0.15, -0.1) is 0 Å². The quantitative estimate of drug-likeness (QED) is 0.0236. The standard InChI is InChI=1S/C56H101O9P/c1-3-5-7-9-11-13-15-17-19-21-23-25-27-28-30-32-34-36-38-40-42-44-46-48-56(59)65-55(53-64-66(60,61)63-51-54(58)50-57)52-62-49-47-45-43-41-39-37-35-33-31-29-26-24-22-20-18-16-14-12-10-8-6-4-2/h5,7,11,13,17,19,22-25,28,30,54-55,57-58H,3-4,6,8-10,12,14-16,18,20-21,26-27,29,31-53H2,1-2H3,(H,60,61)/b7-5-,13-11-,19-17-,24-22-,25-23-,30-28-. The van der Waals surface area contributed by atoms with Gasteiger partial charge < -0.3 is 24.6 Å². The van der Waals surface area contributed by atoms with Crippen molar-refractivity contribution in [1.82, 2.24) is 0 Å². The second-order valence-corrected chi connectivity index (χ2v) is 19.3. The molecule has 3 N–H and O–H groups in total. The zero-order chi connectivity index (χ0) is 48.1. The van der Waals surface area contributed by atoms with Gasteiger partial charge in [-0.1, -0.05) is 215 Å². The molecule has 0 aromatic heterocycles. The van der Waals surface area contributed by atoms with Crippen LogP contribution in [0.3, 0.4) is 0 Å². The minimum atomic E-state index is -4.53. The highest BCUT2D eigenvalue weighted by Crippen LogP contribution is 2.43. The number of aliphatic hydroxyl groups excluding tert-OH is 2. The van der Waals surface area contributed by atoms with Gasteiger partial charge in [0.2, 0.25) is 0 Å². The molecule has 0 saturated carbocycles. The zero-order valence-electron chi connectivity index (χ0n) is 42.4. The van der Waals surface area contributed by atoms with Gasteiger partial charge >= 0.3 is 13.8 Å². The summed E-state index contributed by atoms with van der Waals surface area (Å²) in [4.78, 5) is 22.7. The second-order valence-electron chi connectivity index (χ2n) is 17.9. The predicted molar refractivity (Wildman–Crippen MR) is 279 cm³/mol. The van der Waals surface area contributed by atoms with E-state index in [-0.39, 0.29) is 19.6 Å². The Hall–Kier alpha value is -2.10. The third kappa shape index (κ3) is 51.3. The second kappa shape index (κ2) is 52.3. The van der Waals surface area contributed by atoms with Crippen molar-refractivity contribution in [2.75, 3.05) is 33.0 Å². The van der Waals surface area contributed by atoms with Gasteiger partial charge in [0.15, 0.2) is 0 Å². The van der Waals surface area contributed by atoms with E-state index in [9.17, 15) is 19.4 Å². The third-order valence-electron chi connectivity index (χ3n) is 11.4. The van der Waals surface area contributed by atoms with Crippen LogP contribution in [0.25, 0.3) is 0 Å². The number of hydrogen-bond acceptors (Lipinski definition) is 8. The van der Waals surface area contributed by atoms with Crippen LogP contribution in [0.4, 0.5) is 0 Å². The number of esters is 1. The first-order valence-electron chi connectivity index (χ1n) is 26.9. The van der Waals surface area contributed by atoms with Crippen LogP contribution < -0.4 is 0 Å². The van der Waals surface area contributed by atoms with Crippen molar-refractivity contribution in [2.45, 2.75) is 244 Å². The Morgan fingerprint density at radius 2 is 0.864 bits per heavy atom. The number of carbonyl (C=O) groups excluding carboxylic acids is 1. The molecule has 0 amide bonds. The summed E-state index contributed by atoms with van der Waals surface area (Å²) in [5, 5.41) is 18.4. The molecule has 9 nitrogen and oxygen atoms in total. The van der Waals surface area contributed by atoms with Gasteiger partial charge in [0.25, 0.3) is 0 Å². The maximum absolute atomic E-state index is 12.7. The van der Waals surface area contributed by atoms with Gasteiger partial charge in [0.1, 0.15) is 12.2 Å². The average molecular weight is 949 g/mol. The van der Waals surface area contributed by atoms with Crippen LogP contribution in [-0.2, 0) is 27.9 Å². The van der Waals surface area contributed by atoms with Crippen molar-refractivity contribution in [2.24, 2.45) is 0 Å². The van der Waals surface area contributed by atoms with E-state index in [1.165, 1.54) is 128 Å². The molecule has 0 saturated heterocycles. The number of ether oxygens (including phenoxy) is 2. The molecule has 0 aliphatic carbocycles. The Balaban J connectivity index is 4.09. The van der Waals surface area contributed by atoms with E-state index in [1.54, 1.807) is 0 Å². The zero-order valence-corrected chi connectivity index (χ0v) is 43.3. The number of rotatable bonds is 51. The molecule has 0 aromatic carbocycles. The molecule has 0 bridgehead atoms. The molecule has 66 heavy (non-hydrogen) atoms. The van der Waals surface area contributed by atoms with E-state index in [0.29, 0.717) is 13.0 Å². The largest absolute Gasteiger partial charge is 0.472 e. The normalized spacial score (nSPS) is 14.3. The number of hydrogen-bond donors (Lipinski definition) is 3. The molecule has 3 atom stereocenters. The van der Waals surface area contributed by atoms with Crippen molar-refractivity contribution in [3.63, 3.8) is 0 Å².